The van der Waals surface area contributed by atoms with Crippen LogP contribution in [0.2, 0.25) is 0 Å². The number of carbonyl (C=O) groups excluding carboxylic acids is 2. The van der Waals surface area contributed by atoms with Gasteiger partial charge in [0.05, 0.1) is 0 Å². The summed E-state index contributed by atoms with van der Waals surface area (Å²) in [4.78, 5) is 23.3. The lowest BCUT2D eigenvalue weighted by atomic mass is 10.1. The Labute approximate surface area is 104 Å². The quantitative estimate of drug-likeness (QED) is 0.789. The molecule has 2 rings (SSSR count). The van der Waals surface area contributed by atoms with Gasteiger partial charge in [-0.15, -0.1) is 0 Å². The lowest BCUT2D eigenvalue weighted by molar-refractivity contribution is -0.116. The highest BCUT2D eigenvalue weighted by Gasteiger charge is 2.09. The van der Waals surface area contributed by atoms with Gasteiger partial charge in [-0.3, -0.25) is 14.7 Å². The highest BCUT2D eigenvalue weighted by Crippen LogP contribution is 2.06. The van der Waals surface area contributed by atoms with Gasteiger partial charge in [-0.2, -0.15) is 5.10 Å². The number of hydrogen-bond acceptors (Lipinski definition) is 3. The highest BCUT2D eigenvalue weighted by atomic mass is 16.2. The predicted molar refractivity (Wildman–Crippen MR) is 67.2 cm³/mol. The van der Waals surface area contributed by atoms with Crippen LogP contribution in [0.1, 0.15) is 23.2 Å². The Kier molecular flexibility index (Phi) is 3.86. The summed E-state index contributed by atoms with van der Waals surface area (Å²) in [6.45, 7) is 0. The molecule has 0 bridgehead atoms. The summed E-state index contributed by atoms with van der Waals surface area (Å²) < 4.78 is 0. The number of Topliss-reactive ketones (excluding diaryl/α,β-unsaturated/α-hetero) is 1. The maximum atomic E-state index is 11.7. The Bertz CT molecular complexity index is 520. The van der Waals surface area contributed by atoms with Gasteiger partial charge in [0.25, 0.3) is 0 Å². The van der Waals surface area contributed by atoms with Gasteiger partial charge in [-0.1, -0.05) is 30.3 Å². The Balaban J connectivity index is 1.81. The van der Waals surface area contributed by atoms with E-state index in [1.165, 1.54) is 0 Å². The first-order valence-corrected chi connectivity index (χ1v) is 5.63. The van der Waals surface area contributed by atoms with Crippen molar-refractivity contribution < 1.29 is 9.59 Å². The second-order valence-electron chi connectivity index (χ2n) is 3.80. The van der Waals surface area contributed by atoms with Crippen molar-refractivity contribution in [2.45, 2.75) is 12.8 Å². The monoisotopic (exact) mass is 243 g/mol. The van der Waals surface area contributed by atoms with Gasteiger partial charge < -0.3 is 5.32 Å². The minimum Gasteiger partial charge on any atom is -0.309 e. The third-order valence-corrected chi connectivity index (χ3v) is 2.44. The SMILES string of the molecule is O=C(CCC(=O)c1ccccc1)Nc1cc[nH]n1. The van der Waals surface area contributed by atoms with E-state index in [1.54, 1.807) is 36.5 Å². The smallest absolute Gasteiger partial charge is 0.226 e. The van der Waals surface area contributed by atoms with Crippen molar-refractivity contribution in [2.24, 2.45) is 0 Å². The second kappa shape index (κ2) is 5.77. The van der Waals surface area contributed by atoms with Crippen molar-refractivity contribution in [3.8, 4) is 0 Å². The first kappa shape index (κ1) is 12.0. The van der Waals surface area contributed by atoms with Crippen molar-refractivity contribution in [3.05, 3.63) is 48.2 Å². The third-order valence-electron chi connectivity index (χ3n) is 2.44. The van der Waals surface area contributed by atoms with Gasteiger partial charge >= 0.3 is 0 Å². The molecule has 1 amide bonds. The molecule has 0 aliphatic heterocycles. The molecule has 5 nitrogen and oxygen atoms in total. The van der Waals surface area contributed by atoms with Gasteiger partial charge in [0.2, 0.25) is 5.91 Å². The van der Waals surface area contributed by atoms with Gasteiger partial charge in [-0.05, 0) is 0 Å². The molecule has 0 radical (unpaired) electrons. The number of aromatic amines is 1. The van der Waals surface area contributed by atoms with E-state index in [-0.39, 0.29) is 24.5 Å². The predicted octanol–water partition coefficient (Wildman–Crippen LogP) is 2.01. The number of aromatic nitrogens is 2. The van der Waals surface area contributed by atoms with Crippen LogP contribution in [-0.4, -0.2) is 21.9 Å². The molecule has 0 aliphatic rings. The molecule has 18 heavy (non-hydrogen) atoms. The topological polar surface area (TPSA) is 74.8 Å². The summed E-state index contributed by atoms with van der Waals surface area (Å²) in [6.07, 6.45) is 1.96. The van der Waals surface area contributed by atoms with Crippen molar-refractivity contribution in [1.82, 2.24) is 10.2 Å². The molecule has 5 heteroatoms. The Morgan fingerprint density at radius 1 is 1.11 bits per heavy atom. The van der Waals surface area contributed by atoms with Crippen LogP contribution in [0.5, 0.6) is 0 Å². The summed E-state index contributed by atoms with van der Waals surface area (Å²) in [5.74, 6) is 0.214. The average Bonchev–Trinajstić information content (AvgIpc) is 2.90. The van der Waals surface area contributed by atoms with E-state index in [1.807, 2.05) is 6.07 Å². The summed E-state index contributed by atoms with van der Waals surface area (Å²) in [7, 11) is 0. The Morgan fingerprint density at radius 3 is 2.56 bits per heavy atom. The maximum absolute atomic E-state index is 11.7. The molecule has 1 heterocycles. The largest absolute Gasteiger partial charge is 0.309 e. The second-order valence-corrected chi connectivity index (χ2v) is 3.80. The van der Waals surface area contributed by atoms with Crippen molar-refractivity contribution in [3.63, 3.8) is 0 Å². The van der Waals surface area contributed by atoms with E-state index in [9.17, 15) is 9.59 Å². The fourth-order valence-corrected chi connectivity index (χ4v) is 1.53. The van der Waals surface area contributed by atoms with Crippen molar-refractivity contribution >= 4 is 17.5 Å². The molecule has 2 N–H and O–H groups in total. The Morgan fingerprint density at radius 2 is 1.89 bits per heavy atom. The van der Waals surface area contributed by atoms with Crippen LogP contribution >= 0.6 is 0 Å². The first-order chi connectivity index (χ1) is 8.75. The summed E-state index contributed by atoms with van der Waals surface area (Å²) in [6, 6.07) is 10.6. The number of carbonyl (C=O) groups is 2. The number of H-pyrrole nitrogens is 1. The van der Waals surface area contributed by atoms with Gasteiger partial charge in [0, 0.05) is 30.7 Å². The molecule has 92 valence electrons. The van der Waals surface area contributed by atoms with Gasteiger partial charge in [0.1, 0.15) is 0 Å². The number of nitrogens with one attached hydrogen (secondary N) is 2. The number of ketones is 1. The van der Waals surface area contributed by atoms with Crippen LogP contribution in [0.25, 0.3) is 0 Å². The average molecular weight is 243 g/mol. The number of hydrogen-bond donors (Lipinski definition) is 2. The first-order valence-electron chi connectivity index (χ1n) is 5.63. The molecular formula is C13H13N3O2. The highest BCUT2D eigenvalue weighted by molar-refractivity contribution is 5.99. The summed E-state index contributed by atoms with van der Waals surface area (Å²) in [5.41, 5.74) is 0.630. The van der Waals surface area contributed by atoms with Gasteiger partial charge in [0.15, 0.2) is 11.6 Å². The van der Waals surface area contributed by atoms with Crippen LogP contribution in [0.3, 0.4) is 0 Å². The molecule has 2 aromatic rings. The summed E-state index contributed by atoms with van der Waals surface area (Å²) >= 11 is 0. The molecule has 0 saturated carbocycles. The van der Waals surface area contributed by atoms with E-state index >= 15 is 0 Å². The fraction of sp³-hybridized carbons (Fsp3) is 0.154. The molecule has 1 aromatic heterocycles. The van der Waals surface area contributed by atoms with E-state index in [4.69, 9.17) is 0 Å². The summed E-state index contributed by atoms with van der Waals surface area (Å²) in [5, 5.41) is 8.99. The van der Waals surface area contributed by atoms with E-state index in [0.29, 0.717) is 11.4 Å². The lowest BCUT2D eigenvalue weighted by Gasteiger charge is -2.01. The maximum Gasteiger partial charge on any atom is 0.226 e. The number of anilines is 1. The van der Waals surface area contributed by atoms with Crippen molar-refractivity contribution in [1.29, 1.82) is 0 Å². The van der Waals surface area contributed by atoms with E-state index < -0.39 is 0 Å². The van der Waals surface area contributed by atoms with Crippen molar-refractivity contribution in [2.75, 3.05) is 5.32 Å². The Hall–Kier alpha value is -2.43. The normalized spacial score (nSPS) is 10.0. The van der Waals surface area contributed by atoms with Crippen LogP contribution in [0.4, 0.5) is 5.82 Å². The van der Waals surface area contributed by atoms with Crippen LogP contribution < -0.4 is 5.32 Å². The zero-order valence-electron chi connectivity index (χ0n) is 9.72. The lowest BCUT2D eigenvalue weighted by Crippen LogP contribution is -2.13. The third kappa shape index (κ3) is 3.28. The van der Waals surface area contributed by atoms with E-state index in [0.717, 1.165) is 0 Å². The zero-order valence-corrected chi connectivity index (χ0v) is 9.72. The minimum absolute atomic E-state index is 0.0345. The molecule has 0 atom stereocenters. The van der Waals surface area contributed by atoms with Crippen LogP contribution in [0, 0.1) is 0 Å². The van der Waals surface area contributed by atoms with E-state index in [2.05, 4.69) is 15.5 Å². The number of nitrogens with zero attached hydrogens (tertiary/aromatic N) is 1. The van der Waals surface area contributed by atoms with Crippen LogP contribution in [0.15, 0.2) is 42.6 Å². The number of rotatable bonds is 5. The van der Waals surface area contributed by atoms with Crippen LogP contribution in [-0.2, 0) is 4.79 Å². The molecule has 0 saturated heterocycles. The molecule has 0 fully saturated rings. The standard InChI is InChI=1S/C13H13N3O2/c17-11(10-4-2-1-3-5-10)6-7-13(18)15-12-8-9-14-16-12/h1-5,8-9H,6-7H2,(H2,14,15,16,18). The minimum atomic E-state index is -0.216. The molecule has 0 aliphatic carbocycles. The molecular weight excluding hydrogens is 230 g/mol. The fourth-order valence-electron chi connectivity index (χ4n) is 1.53. The zero-order chi connectivity index (χ0) is 12.8. The number of amides is 1. The number of benzene rings is 1. The van der Waals surface area contributed by atoms with Gasteiger partial charge in [-0.25, -0.2) is 0 Å². The molecule has 0 spiro atoms. The molecule has 1 aromatic carbocycles. The molecule has 0 unspecified atom stereocenters.